The van der Waals surface area contributed by atoms with Gasteiger partial charge < -0.3 is 19.7 Å². The first kappa shape index (κ1) is 24.3. The number of rotatable bonds is 7. The summed E-state index contributed by atoms with van der Waals surface area (Å²) >= 11 is 0. The Kier molecular flexibility index (Phi) is 9.87. The van der Waals surface area contributed by atoms with Gasteiger partial charge in [0.1, 0.15) is 0 Å². The van der Waals surface area contributed by atoms with E-state index in [1.165, 1.54) is 22.8 Å². The molecule has 4 rings (SSSR count). The van der Waals surface area contributed by atoms with Crippen LogP contribution in [0.25, 0.3) is 10.8 Å². The third kappa shape index (κ3) is 6.80. The molecule has 170 valence electrons. The van der Waals surface area contributed by atoms with Gasteiger partial charge in [0.05, 0.1) is 18.8 Å². The Morgan fingerprint density at radius 3 is 2.71 bits per heavy atom. The molecule has 2 aliphatic heterocycles. The highest BCUT2D eigenvalue weighted by Gasteiger charge is 2.24. The molecule has 1 atom stereocenters. The lowest BCUT2D eigenvalue weighted by atomic mass is 10.0. The van der Waals surface area contributed by atoms with Gasteiger partial charge in [-0.3, -0.25) is 4.99 Å². The molecule has 31 heavy (non-hydrogen) atoms. The highest BCUT2D eigenvalue weighted by atomic mass is 127. The number of guanidine groups is 1. The van der Waals surface area contributed by atoms with E-state index in [9.17, 15) is 0 Å². The molecule has 5 nitrogen and oxygen atoms in total. The van der Waals surface area contributed by atoms with Crippen LogP contribution in [-0.2, 0) is 15.9 Å². The number of halogens is 1. The molecule has 1 unspecified atom stereocenters. The molecule has 2 aromatic carbocycles. The summed E-state index contributed by atoms with van der Waals surface area (Å²) in [5.41, 5.74) is 1.37. The maximum Gasteiger partial charge on any atom is 0.193 e. The zero-order valence-corrected chi connectivity index (χ0v) is 20.9. The number of fused-ring (bicyclic) bond motifs is 1. The molecule has 6 heteroatoms. The van der Waals surface area contributed by atoms with Gasteiger partial charge >= 0.3 is 0 Å². The predicted molar refractivity (Wildman–Crippen MR) is 139 cm³/mol. The molecule has 0 aromatic heterocycles. The Hall–Kier alpha value is -1.38. The lowest BCUT2D eigenvalue weighted by Gasteiger charge is -2.34. The second-order valence-electron chi connectivity index (χ2n) is 8.28. The number of aliphatic imine (C=N–C) groups is 1. The zero-order valence-electron chi connectivity index (χ0n) is 18.6. The second kappa shape index (κ2) is 12.6. The summed E-state index contributed by atoms with van der Waals surface area (Å²) in [6, 6.07) is 15.1. The molecule has 0 aliphatic carbocycles. The molecule has 2 aromatic rings. The van der Waals surface area contributed by atoms with Crippen LogP contribution < -0.4 is 5.32 Å². The van der Waals surface area contributed by atoms with Crippen molar-refractivity contribution < 1.29 is 9.47 Å². The lowest BCUT2D eigenvalue weighted by Crippen LogP contribution is -2.47. The van der Waals surface area contributed by atoms with Crippen LogP contribution in [0, 0.1) is 0 Å². The first-order valence-corrected chi connectivity index (χ1v) is 11.6. The monoisotopic (exact) mass is 537 g/mol. The van der Waals surface area contributed by atoms with Crippen LogP contribution in [-0.4, -0.2) is 62.5 Å². The SMILES string of the molecule is CCNC(=NCCc1cccc2ccccc12)N1CCC(OCC2CCCO2)CC1.I. The summed E-state index contributed by atoms with van der Waals surface area (Å²) < 4.78 is 11.8. The largest absolute Gasteiger partial charge is 0.376 e. The van der Waals surface area contributed by atoms with E-state index >= 15 is 0 Å². The summed E-state index contributed by atoms with van der Waals surface area (Å²) in [4.78, 5) is 7.33. The van der Waals surface area contributed by atoms with Crippen molar-refractivity contribution in [1.29, 1.82) is 0 Å². The molecule has 0 spiro atoms. The number of hydrogen-bond donors (Lipinski definition) is 1. The third-order valence-corrected chi connectivity index (χ3v) is 6.14. The predicted octanol–water partition coefficient (Wildman–Crippen LogP) is 4.63. The van der Waals surface area contributed by atoms with Crippen molar-refractivity contribution in [1.82, 2.24) is 10.2 Å². The molecular formula is C25H36IN3O2. The van der Waals surface area contributed by atoms with E-state index in [1.54, 1.807) is 0 Å². The Labute approximate surface area is 203 Å². The van der Waals surface area contributed by atoms with Gasteiger partial charge in [0.25, 0.3) is 0 Å². The first-order valence-electron chi connectivity index (χ1n) is 11.6. The van der Waals surface area contributed by atoms with E-state index in [0.29, 0.717) is 12.2 Å². The Morgan fingerprint density at radius 2 is 1.94 bits per heavy atom. The number of piperidine rings is 1. The van der Waals surface area contributed by atoms with Crippen LogP contribution in [0.15, 0.2) is 47.5 Å². The second-order valence-corrected chi connectivity index (χ2v) is 8.28. The van der Waals surface area contributed by atoms with Gasteiger partial charge in [-0.15, -0.1) is 24.0 Å². The highest BCUT2D eigenvalue weighted by Crippen LogP contribution is 2.20. The van der Waals surface area contributed by atoms with Crippen LogP contribution in [0.5, 0.6) is 0 Å². The smallest absolute Gasteiger partial charge is 0.193 e. The molecule has 1 N–H and O–H groups in total. The van der Waals surface area contributed by atoms with E-state index in [2.05, 4.69) is 59.6 Å². The van der Waals surface area contributed by atoms with Gasteiger partial charge in [-0.25, -0.2) is 0 Å². The third-order valence-electron chi connectivity index (χ3n) is 6.14. The first-order chi connectivity index (χ1) is 14.8. The number of nitrogens with zero attached hydrogens (tertiary/aromatic N) is 2. The molecule has 2 aliphatic rings. The topological polar surface area (TPSA) is 46.1 Å². The van der Waals surface area contributed by atoms with E-state index in [4.69, 9.17) is 14.5 Å². The number of likely N-dealkylation sites (tertiary alicyclic amines) is 1. The fourth-order valence-electron chi connectivity index (χ4n) is 4.47. The standard InChI is InChI=1S/C25H35N3O2.HI/c1-2-26-25(27-15-12-21-9-5-8-20-7-3-4-11-24(20)21)28-16-13-22(14-17-28)30-19-23-10-6-18-29-23;/h3-5,7-9,11,22-23H,2,6,10,12-19H2,1H3,(H,26,27);1H. The van der Waals surface area contributed by atoms with Crippen molar-refractivity contribution in [2.45, 2.75) is 51.2 Å². The number of benzene rings is 2. The van der Waals surface area contributed by atoms with Crippen molar-refractivity contribution in [3.8, 4) is 0 Å². The average Bonchev–Trinajstić information content (AvgIpc) is 3.31. The molecule has 0 radical (unpaired) electrons. The summed E-state index contributed by atoms with van der Waals surface area (Å²) in [6.45, 7) is 7.47. The summed E-state index contributed by atoms with van der Waals surface area (Å²) in [7, 11) is 0. The van der Waals surface area contributed by atoms with E-state index < -0.39 is 0 Å². The Morgan fingerprint density at radius 1 is 1.13 bits per heavy atom. The fourth-order valence-corrected chi connectivity index (χ4v) is 4.47. The quantitative estimate of drug-likeness (QED) is 0.318. The van der Waals surface area contributed by atoms with Crippen LogP contribution in [0.1, 0.15) is 38.2 Å². The van der Waals surface area contributed by atoms with Crippen molar-refractivity contribution in [3.63, 3.8) is 0 Å². The molecule has 0 saturated carbocycles. The van der Waals surface area contributed by atoms with Crippen molar-refractivity contribution in [2.75, 3.05) is 39.4 Å². The van der Waals surface area contributed by atoms with Gasteiger partial charge in [-0.2, -0.15) is 0 Å². The van der Waals surface area contributed by atoms with Crippen LogP contribution >= 0.6 is 24.0 Å². The fraction of sp³-hybridized carbons (Fsp3) is 0.560. The van der Waals surface area contributed by atoms with Crippen LogP contribution in [0.3, 0.4) is 0 Å². The minimum atomic E-state index is 0. The Bertz CT molecular complexity index is 825. The van der Waals surface area contributed by atoms with Gasteiger partial charge in [0.2, 0.25) is 0 Å². The average molecular weight is 537 g/mol. The van der Waals surface area contributed by atoms with E-state index in [-0.39, 0.29) is 24.0 Å². The van der Waals surface area contributed by atoms with E-state index in [1.807, 2.05) is 0 Å². The maximum atomic E-state index is 6.12. The molecule has 0 amide bonds. The van der Waals surface area contributed by atoms with Crippen LogP contribution in [0.2, 0.25) is 0 Å². The summed E-state index contributed by atoms with van der Waals surface area (Å²) in [6.07, 6.45) is 6.05. The zero-order chi connectivity index (χ0) is 20.6. The van der Waals surface area contributed by atoms with Crippen molar-refractivity contribution >= 4 is 40.7 Å². The normalized spacial score (nSPS) is 20.1. The minimum Gasteiger partial charge on any atom is -0.376 e. The summed E-state index contributed by atoms with van der Waals surface area (Å²) in [5, 5.41) is 6.12. The van der Waals surface area contributed by atoms with Gasteiger partial charge in [0, 0.05) is 32.8 Å². The Balaban J connectivity index is 0.00000272. The van der Waals surface area contributed by atoms with Crippen LogP contribution in [0.4, 0.5) is 0 Å². The molecule has 2 fully saturated rings. The minimum absolute atomic E-state index is 0. The molecular weight excluding hydrogens is 501 g/mol. The summed E-state index contributed by atoms with van der Waals surface area (Å²) in [5.74, 6) is 1.04. The molecule has 0 bridgehead atoms. The number of ether oxygens (including phenoxy) is 2. The van der Waals surface area contributed by atoms with Gasteiger partial charge in [-0.1, -0.05) is 42.5 Å². The van der Waals surface area contributed by atoms with E-state index in [0.717, 1.165) is 71.0 Å². The molecule has 2 heterocycles. The molecule has 2 saturated heterocycles. The maximum absolute atomic E-state index is 6.12. The van der Waals surface area contributed by atoms with Crippen molar-refractivity contribution in [3.05, 3.63) is 48.0 Å². The van der Waals surface area contributed by atoms with Gasteiger partial charge in [-0.05, 0) is 55.4 Å². The van der Waals surface area contributed by atoms with Gasteiger partial charge in [0.15, 0.2) is 5.96 Å². The number of nitrogens with one attached hydrogen (secondary N) is 1. The highest BCUT2D eigenvalue weighted by molar-refractivity contribution is 14.0. The lowest BCUT2D eigenvalue weighted by molar-refractivity contribution is -0.0367. The van der Waals surface area contributed by atoms with Crippen molar-refractivity contribution in [2.24, 2.45) is 4.99 Å². The number of hydrogen-bond acceptors (Lipinski definition) is 3.